The number of nitrogens with one attached hydrogen (secondary N) is 1. The van der Waals surface area contributed by atoms with Crippen LogP contribution in [0.15, 0.2) is 48.5 Å². The van der Waals surface area contributed by atoms with E-state index in [1.165, 1.54) is 5.56 Å². The molecule has 5 heteroatoms. The first kappa shape index (κ1) is 25.4. The summed E-state index contributed by atoms with van der Waals surface area (Å²) in [6.45, 7) is 11.6. The van der Waals surface area contributed by atoms with E-state index >= 15 is 0 Å². The van der Waals surface area contributed by atoms with Crippen LogP contribution in [0.25, 0.3) is 0 Å². The van der Waals surface area contributed by atoms with E-state index in [9.17, 15) is 9.59 Å². The lowest BCUT2D eigenvalue weighted by molar-refractivity contribution is -0.141. The first-order valence-corrected chi connectivity index (χ1v) is 11.6. The smallest absolute Gasteiger partial charge is 0.242 e. The fraction of sp³-hybridized carbons (Fsp3) is 0.481. The van der Waals surface area contributed by atoms with Gasteiger partial charge in [0.1, 0.15) is 11.8 Å². The van der Waals surface area contributed by atoms with Gasteiger partial charge in [-0.25, -0.2) is 0 Å². The third-order valence-corrected chi connectivity index (χ3v) is 5.33. The van der Waals surface area contributed by atoms with E-state index in [4.69, 9.17) is 4.74 Å². The van der Waals surface area contributed by atoms with E-state index in [1.54, 1.807) is 4.90 Å². The van der Waals surface area contributed by atoms with Crippen molar-refractivity contribution in [2.24, 2.45) is 5.92 Å². The Hall–Kier alpha value is -2.82. The fourth-order valence-electron chi connectivity index (χ4n) is 3.54. The van der Waals surface area contributed by atoms with Crippen molar-refractivity contribution in [1.82, 2.24) is 10.2 Å². The molecule has 0 bridgehead atoms. The molecule has 0 saturated carbocycles. The molecule has 0 aliphatic carbocycles. The number of carbonyl (C=O) groups excluding carboxylic acids is 2. The van der Waals surface area contributed by atoms with E-state index in [0.29, 0.717) is 44.9 Å². The molecule has 0 aliphatic rings. The second-order valence-electron chi connectivity index (χ2n) is 8.84. The van der Waals surface area contributed by atoms with Crippen LogP contribution in [0.5, 0.6) is 5.75 Å². The Morgan fingerprint density at radius 3 is 2.38 bits per heavy atom. The van der Waals surface area contributed by atoms with Crippen molar-refractivity contribution < 1.29 is 14.3 Å². The Bertz CT molecular complexity index is 861. The first-order chi connectivity index (χ1) is 15.3. The molecule has 2 aromatic carbocycles. The van der Waals surface area contributed by atoms with Gasteiger partial charge in [-0.3, -0.25) is 9.59 Å². The Kier molecular flexibility index (Phi) is 10.3. The molecule has 0 fully saturated rings. The highest BCUT2D eigenvalue weighted by Gasteiger charge is 2.28. The minimum absolute atomic E-state index is 0.0226. The van der Waals surface area contributed by atoms with Crippen LogP contribution in [0.2, 0.25) is 0 Å². The number of hydrogen-bond acceptors (Lipinski definition) is 3. The molecule has 32 heavy (non-hydrogen) atoms. The lowest BCUT2D eigenvalue weighted by Gasteiger charge is -2.31. The minimum atomic E-state index is -0.486. The topological polar surface area (TPSA) is 58.6 Å². The number of rotatable bonds is 12. The van der Waals surface area contributed by atoms with Gasteiger partial charge >= 0.3 is 0 Å². The third-order valence-electron chi connectivity index (χ3n) is 5.33. The Balaban J connectivity index is 2.04. The molecule has 0 saturated heterocycles. The van der Waals surface area contributed by atoms with Crippen molar-refractivity contribution in [3.05, 3.63) is 65.2 Å². The van der Waals surface area contributed by atoms with Gasteiger partial charge in [0, 0.05) is 19.5 Å². The number of ether oxygens (including phenoxy) is 1. The summed E-state index contributed by atoms with van der Waals surface area (Å²) in [7, 11) is 0. The van der Waals surface area contributed by atoms with E-state index in [0.717, 1.165) is 16.9 Å². The van der Waals surface area contributed by atoms with Crippen molar-refractivity contribution in [2.75, 3.05) is 13.2 Å². The molecule has 2 rings (SSSR count). The summed E-state index contributed by atoms with van der Waals surface area (Å²) in [5.74, 6) is 1.05. The van der Waals surface area contributed by atoms with Crippen LogP contribution < -0.4 is 10.1 Å². The summed E-state index contributed by atoms with van der Waals surface area (Å²) in [5, 5.41) is 3.00. The van der Waals surface area contributed by atoms with Crippen LogP contribution in [0.4, 0.5) is 0 Å². The molecule has 174 valence electrons. The zero-order chi connectivity index (χ0) is 23.5. The first-order valence-electron chi connectivity index (χ1n) is 11.6. The second-order valence-corrected chi connectivity index (χ2v) is 8.84. The molecule has 0 spiro atoms. The molecular weight excluding hydrogens is 400 g/mol. The summed E-state index contributed by atoms with van der Waals surface area (Å²) in [6.07, 6.45) is 1.51. The minimum Gasteiger partial charge on any atom is -0.494 e. The van der Waals surface area contributed by atoms with Crippen molar-refractivity contribution >= 4 is 11.8 Å². The highest BCUT2D eigenvalue weighted by molar-refractivity contribution is 5.87. The van der Waals surface area contributed by atoms with Gasteiger partial charge in [0.2, 0.25) is 11.8 Å². The molecule has 2 amide bonds. The molecule has 2 aromatic rings. The molecule has 5 nitrogen and oxygen atoms in total. The van der Waals surface area contributed by atoms with Gasteiger partial charge in [0.25, 0.3) is 0 Å². The number of hydrogen-bond donors (Lipinski definition) is 1. The van der Waals surface area contributed by atoms with E-state index in [-0.39, 0.29) is 11.8 Å². The Morgan fingerprint density at radius 1 is 1.03 bits per heavy atom. The maximum Gasteiger partial charge on any atom is 0.242 e. The Morgan fingerprint density at radius 2 is 1.75 bits per heavy atom. The van der Waals surface area contributed by atoms with Crippen LogP contribution >= 0.6 is 0 Å². The summed E-state index contributed by atoms with van der Waals surface area (Å²) < 4.78 is 5.77. The van der Waals surface area contributed by atoms with Gasteiger partial charge in [0.15, 0.2) is 0 Å². The van der Waals surface area contributed by atoms with E-state index in [1.807, 2.05) is 63.2 Å². The predicted molar refractivity (Wildman–Crippen MR) is 130 cm³/mol. The van der Waals surface area contributed by atoms with Gasteiger partial charge in [-0.1, -0.05) is 68.3 Å². The summed E-state index contributed by atoms with van der Waals surface area (Å²) >= 11 is 0. The zero-order valence-corrected chi connectivity index (χ0v) is 20.2. The van der Waals surface area contributed by atoms with Crippen LogP contribution in [0, 0.1) is 19.8 Å². The molecule has 0 unspecified atom stereocenters. The lowest BCUT2D eigenvalue weighted by atomic mass is 10.1. The largest absolute Gasteiger partial charge is 0.494 e. The Labute approximate surface area is 193 Å². The normalized spacial score (nSPS) is 11.8. The van der Waals surface area contributed by atoms with Crippen molar-refractivity contribution in [1.29, 1.82) is 0 Å². The standard InChI is InChI=1S/C27H38N2O3/c1-6-25(27(31)28-18-20(2)3)29(19-23-10-7-9-22(5)17-23)26(30)11-8-16-32-24-14-12-21(4)13-15-24/h7,9-10,12-15,17,20,25H,6,8,11,16,18-19H2,1-5H3,(H,28,31)/t25-/m0/s1. The molecular formula is C27H38N2O3. The summed E-state index contributed by atoms with van der Waals surface area (Å²) in [4.78, 5) is 27.8. The maximum absolute atomic E-state index is 13.2. The van der Waals surface area contributed by atoms with Gasteiger partial charge < -0.3 is 15.0 Å². The van der Waals surface area contributed by atoms with Gasteiger partial charge in [0.05, 0.1) is 6.61 Å². The highest BCUT2D eigenvalue weighted by atomic mass is 16.5. The average Bonchev–Trinajstić information content (AvgIpc) is 2.76. The zero-order valence-electron chi connectivity index (χ0n) is 20.2. The number of amides is 2. The third kappa shape index (κ3) is 8.37. The summed E-state index contributed by atoms with van der Waals surface area (Å²) in [6, 6.07) is 15.5. The fourth-order valence-corrected chi connectivity index (χ4v) is 3.54. The summed E-state index contributed by atoms with van der Waals surface area (Å²) in [5.41, 5.74) is 3.35. The van der Waals surface area contributed by atoms with Crippen LogP contribution in [0.1, 0.15) is 56.7 Å². The number of benzene rings is 2. The molecule has 0 aromatic heterocycles. The van der Waals surface area contributed by atoms with E-state index in [2.05, 4.69) is 25.2 Å². The van der Waals surface area contributed by atoms with Crippen molar-refractivity contribution in [3.63, 3.8) is 0 Å². The van der Waals surface area contributed by atoms with Crippen LogP contribution in [0.3, 0.4) is 0 Å². The predicted octanol–water partition coefficient (Wildman–Crippen LogP) is 5.04. The van der Waals surface area contributed by atoms with Crippen molar-refractivity contribution in [2.45, 2.75) is 66.5 Å². The lowest BCUT2D eigenvalue weighted by Crippen LogP contribution is -2.49. The maximum atomic E-state index is 13.2. The molecule has 0 aliphatic heterocycles. The monoisotopic (exact) mass is 438 g/mol. The van der Waals surface area contributed by atoms with Crippen LogP contribution in [-0.4, -0.2) is 35.9 Å². The quantitative estimate of drug-likeness (QED) is 0.472. The molecule has 0 radical (unpaired) electrons. The average molecular weight is 439 g/mol. The highest BCUT2D eigenvalue weighted by Crippen LogP contribution is 2.16. The molecule has 1 N–H and O–H groups in total. The number of aryl methyl sites for hydroxylation is 2. The molecule has 1 atom stereocenters. The number of nitrogens with zero attached hydrogens (tertiary/aromatic N) is 1. The van der Waals surface area contributed by atoms with Gasteiger partial charge in [-0.15, -0.1) is 0 Å². The van der Waals surface area contributed by atoms with E-state index < -0.39 is 6.04 Å². The number of carbonyl (C=O) groups is 2. The van der Waals surface area contributed by atoms with Crippen LogP contribution in [-0.2, 0) is 16.1 Å². The molecule has 0 heterocycles. The van der Waals surface area contributed by atoms with Gasteiger partial charge in [-0.2, -0.15) is 0 Å². The SMILES string of the molecule is CC[C@@H](C(=O)NCC(C)C)N(Cc1cccc(C)c1)C(=O)CCCOc1ccc(C)cc1. The van der Waals surface area contributed by atoms with Crippen molar-refractivity contribution in [3.8, 4) is 5.75 Å². The van der Waals surface area contributed by atoms with Gasteiger partial charge in [-0.05, 0) is 50.3 Å². The second kappa shape index (κ2) is 12.9.